The highest BCUT2D eigenvalue weighted by atomic mass is 16.5. The van der Waals surface area contributed by atoms with Crippen LogP contribution in [0.2, 0.25) is 0 Å². The molecule has 1 aromatic carbocycles. The molecule has 1 N–H and O–H groups in total. The van der Waals surface area contributed by atoms with Crippen LogP contribution < -0.4 is 10.1 Å². The van der Waals surface area contributed by atoms with E-state index in [2.05, 4.69) is 62.3 Å². The summed E-state index contributed by atoms with van der Waals surface area (Å²) in [6.45, 7) is 9.67. The van der Waals surface area contributed by atoms with Crippen LogP contribution in [0.25, 0.3) is 0 Å². The molecule has 4 heteroatoms. The van der Waals surface area contributed by atoms with Gasteiger partial charge in [-0.05, 0) is 52.5 Å². The third-order valence-electron chi connectivity index (χ3n) is 5.68. The van der Waals surface area contributed by atoms with Crippen molar-refractivity contribution in [3.8, 4) is 5.88 Å². The van der Waals surface area contributed by atoms with Gasteiger partial charge in [-0.3, -0.25) is 4.79 Å². The van der Waals surface area contributed by atoms with Crippen LogP contribution in [0.1, 0.15) is 67.6 Å². The first-order chi connectivity index (χ1) is 12.2. The number of hydrogen-bond donors (Lipinski definition) is 1. The van der Waals surface area contributed by atoms with E-state index in [1.807, 2.05) is 6.07 Å². The van der Waals surface area contributed by atoms with Gasteiger partial charge in [0.2, 0.25) is 5.88 Å². The molecule has 0 atom stereocenters. The lowest BCUT2D eigenvalue weighted by Gasteiger charge is -2.32. The smallest absolute Gasteiger partial charge is 0.251 e. The summed E-state index contributed by atoms with van der Waals surface area (Å²) in [5.41, 5.74) is 4.38. The predicted octanol–water partition coefficient (Wildman–Crippen LogP) is 4.37. The highest BCUT2D eigenvalue weighted by molar-refractivity contribution is 5.98. The van der Waals surface area contributed by atoms with Crippen LogP contribution in [0, 0.1) is 0 Å². The lowest BCUT2D eigenvalue weighted by Crippen LogP contribution is -2.24. The monoisotopic (exact) mass is 352 g/mol. The maximum atomic E-state index is 12.0. The number of amides is 1. The predicted molar refractivity (Wildman–Crippen MR) is 104 cm³/mol. The number of ether oxygens (including phenoxy) is 1. The Hall–Kier alpha value is -2.36. The molecule has 1 amide bonds. The average Bonchev–Trinajstić information content (AvgIpc) is 3.01. The Morgan fingerprint density at radius 2 is 1.69 bits per heavy atom. The molecule has 0 unspecified atom stereocenters. The van der Waals surface area contributed by atoms with Crippen LogP contribution in [0.3, 0.4) is 0 Å². The van der Waals surface area contributed by atoms with Gasteiger partial charge in [-0.25, -0.2) is 4.98 Å². The number of nitrogens with one attached hydrogen (secondary N) is 1. The van der Waals surface area contributed by atoms with E-state index in [-0.39, 0.29) is 16.7 Å². The summed E-state index contributed by atoms with van der Waals surface area (Å²) >= 11 is 0. The van der Waals surface area contributed by atoms with Crippen molar-refractivity contribution in [2.24, 2.45) is 0 Å². The fourth-order valence-corrected chi connectivity index (χ4v) is 3.49. The maximum absolute atomic E-state index is 12.0. The summed E-state index contributed by atoms with van der Waals surface area (Å²) < 4.78 is 5.27. The lowest BCUT2D eigenvalue weighted by atomic mass is 9.72. The molecule has 3 rings (SSSR count). The lowest BCUT2D eigenvalue weighted by molar-refractivity contribution is 0.0965. The number of nitrogens with zero attached hydrogens (tertiary/aromatic N) is 1. The van der Waals surface area contributed by atoms with Crippen LogP contribution in [0.4, 0.5) is 0 Å². The minimum Gasteiger partial charge on any atom is -0.481 e. The van der Waals surface area contributed by atoms with E-state index in [0.29, 0.717) is 12.4 Å². The van der Waals surface area contributed by atoms with Crippen molar-refractivity contribution < 1.29 is 9.53 Å². The summed E-state index contributed by atoms with van der Waals surface area (Å²) in [6.07, 6.45) is 3.85. The standard InChI is InChI=1S/C22H28N2O2/c1-21(2,16-7-6-15-14-24-20(25)18(15)12-16)9-10-22(3,4)17-8-11-23-19(13-17)26-5/h6-8,11-13H,9-10,14H2,1-5H3,(H,24,25). The maximum Gasteiger partial charge on any atom is 0.251 e. The van der Waals surface area contributed by atoms with Crippen LogP contribution >= 0.6 is 0 Å². The molecule has 0 spiro atoms. The van der Waals surface area contributed by atoms with Crippen LogP contribution in [0.15, 0.2) is 36.5 Å². The molecule has 1 aliphatic heterocycles. The third-order valence-corrected chi connectivity index (χ3v) is 5.68. The van der Waals surface area contributed by atoms with E-state index in [4.69, 9.17) is 4.74 Å². The molecule has 0 radical (unpaired) electrons. The molecule has 4 nitrogen and oxygen atoms in total. The van der Waals surface area contributed by atoms with E-state index < -0.39 is 0 Å². The zero-order valence-electron chi connectivity index (χ0n) is 16.3. The second kappa shape index (κ2) is 6.75. The molecule has 0 bridgehead atoms. The van der Waals surface area contributed by atoms with Crippen LogP contribution in [-0.2, 0) is 17.4 Å². The van der Waals surface area contributed by atoms with Crippen molar-refractivity contribution >= 4 is 5.91 Å². The number of aromatic nitrogens is 1. The highest BCUT2D eigenvalue weighted by Gasteiger charge is 2.29. The van der Waals surface area contributed by atoms with Gasteiger partial charge >= 0.3 is 0 Å². The van der Waals surface area contributed by atoms with Crippen molar-refractivity contribution in [1.82, 2.24) is 10.3 Å². The van der Waals surface area contributed by atoms with Gasteiger partial charge in [0.15, 0.2) is 0 Å². The summed E-state index contributed by atoms with van der Waals surface area (Å²) in [7, 11) is 1.65. The number of carbonyl (C=O) groups excluding carboxylic acids is 1. The second-order valence-electron chi connectivity index (χ2n) is 8.41. The molecule has 2 heterocycles. The fourth-order valence-electron chi connectivity index (χ4n) is 3.49. The molecule has 1 aromatic heterocycles. The van der Waals surface area contributed by atoms with Gasteiger partial charge in [0.25, 0.3) is 5.91 Å². The Labute approximate surface area is 156 Å². The highest BCUT2D eigenvalue weighted by Crippen LogP contribution is 2.37. The third kappa shape index (κ3) is 3.59. The van der Waals surface area contributed by atoms with Crippen molar-refractivity contribution in [2.45, 2.75) is 57.9 Å². The average molecular weight is 352 g/mol. The molecule has 0 saturated carbocycles. The molecular formula is C22H28N2O2. The molecule has 26 heavy (non-hydrogen) atoms. The van der Waals surface area contributed by atoms with Crippen molar-refractivity contribution in [1.29, 1.82) is 0 Å². The fraction of sp³-hybridized carbons (Fsp3) is 0.455. The van der Waals surface area contributed by atoms with Crippen LogP contribution in [-0.4, -0.2) is 18.0 Å². The number of methoxy groups -OCH3 is 1. The SMILES string of the molecule is COc1cc(C(C)(C)CCC(C)(C)c2ccc3c(c2)C(=O)NC3)ccn1. The number of hydrogen-bond acceptors (Lipinski definition) is 3. The quantitative estimate of drug-likeness (QED) is 0.840. The summed E-state index contributed by atoms with van der Waals surface area (Å²) in [5, 5.41) is 2.90. The number of carbonyl (C=O) groups is 1. The van der Waals surface area contributed by atoms with Crippen LogP contribution in [0.5, 0.6) is 5.88 Å². The van der Waals surface area contributed by atoms with E-state index in [9.17, 15) is 4.79 Å². The zero-order valence-corrected chi connectivity index (χ0v) is 16.3. The van der Waals surface area contributed by atoms with Crippen molar-refractivity contribution in [3.63, 3.8) is 0 Å². The van der Waals surface area contributed by atoms with E-state index >= 15 is 0 Å². The molecule has 0 fully saturated rings. The summed E-state index contributed by atoms with van der Waals surface area (Å²) in [5.74, 6) is 0.696. The van der Waals surface area contributed by atoms with Crippen molar-refractivity contribution in [2.75, 3.05) is 7.11 Å². The first-order valence-electron chi connectivity index (χ1n) is 9.15. The van der Waals surface area contributed by atoms with Gasteiger partial charge in [0, 0.05) is 24.4 Å². The Kier molecular flexibility index (Phi) is 4.78. The topological polar surface area (TPSA) is 51.2 Å². The van der Waals surface area contributed by atoms with Gasteiger partial charge in [-0.15, -0.1) is 0 Å². The van der Waals surface area contributed by atoms with Gasteiger partial charge in [0.05, 0.1) is 7.11 Å². The van der Waals surface area contributed by atoms with E-state index in [0.717, 1.165) is 24.0 Å². The summed E-state index contributed by atoms with van der Waals surface area (Å²) in [6, 6.07) is 10.4. The second-order valence-corrected chi connectivity index (χ2v) is 8.41. The first kappa shape index (κ1) is 18.4. The van der Waals surface area contributed by atoms with Crippen molar-refractivity contribution in [3.05, 3.63) is 58.8 Å². The number of fused-ring (bicyclic) bond motifs is 1. The Bertz CT molecular complexity index is 825. The molecule has 0 saturated heterocycles. The molecular weight excluding hydrogens is 324 g/mol. The Morgan fingerprint density at radius 1 is 1.04 bits per heavy atom. The molecule has 1 aliphatic rings. The number of rotatable bonds is 6. The molecule has 0 aliphatic carbocycles. The molecule has 2 aromatic rings. The largest absolute Gasteiger partial charge is 0.481 e. The zero-order chi connectivity index (χ0) is 18.9. The van der Waals surface area contributed by atoms with Gasteiger partial charge in [0.1, 0.15) is 0 Å². The van der Waals surface area contributed by atoms with E-state index in [1.54, 1.807) is 13.3 Å². The van der Waals surface area contributed by atoms with Gasteiger partial charge < -0.3 is 10.1 Å². The Morgan fingerprint density at radius 3 is 2.35 bits per heavy atom. The van der Waals surface area contributed by atoms with Gasteiger partial charge in [-0.1, -0.05) is 39.8 Å². The normalized spacial score (nSPS) is 14.1. The number of pyridine rings is 1. The Balaban J connectivity index is 1.77. The minimum absolute atomic E-state index is 0.00765. The summed E-state index contributed by atoms with van der Waals surface area (Å²) in [4.78, 5) is 16.2. The first-order valence-corrected chi connectivity index (χ1v) is 9.15. The number of benzene rings is 1. The molecule has 138 valence electrons. The van der Waals surface area contributed by atoms with Gasteiger partial charge in [-0.2, -0.15) is 0 Å². The van der Waals surface area contributed by atoms with E-state index in [1.165, 1.54) is 11.1 Å². The minimum atomic E-state index is -0.00765.